The highest BCUT2D eigenvalue weighted by Gasteiger charge is 2.34. The summed E-state index contributed by atoms with van der Waals surface area (Å²) in [5, 5.41) is 0. The van der Waals surface area contributed by atoms with Gasteiger partial charge in [0, 0.05) is 55.6 Å². The van der Waals surface area contributed by atoms with Crippen LogP contribution in [0.25, 0.3) is 0 Å². The zero-order valence-electron chi connectivity index (χ0n) is 20.6. The van der Waals surface area contributed by atoms with Crippen LogP contribution in [0.1, 0.15) is 44.1 Å². The number of benzene rings is 2. The number of rotatable bonds is 6. The van der Waals surface area contributed by atoms with Gasteiger partial charge in [-0.05, 0) is 48.2 Å². The fourth-order valence-corrected chi connectivity index (χ4v) is 4.13. The summed E-state index contributed by atoms with van der Waals surface area (Å²) in [4.78, 5) is 34.5. The Balaban J connectivity index is 1.53. The van der Waals surface area contributed by atoms with Crippen molar-refractivity contribution in [1.82, 2.24) is 14.8 Å². The molecule has 0 aliphatic carbocycles. The lowest BCUT2D eigenvalue weighted by Gasteiger charge is -2.35. The lowest BCUT2D eigenvalue weighted by molar-refractivity contribution is -0.138. The standard InChI is InChI=1S/C27H24BF3N5O2/c1-18-2-3-19(14-22(18)26(32)38)6-9-24-23(27(29,30)31)16-33-25(34-24)15-20-4-7-21(8-5-20)35-10-12-36(13-11-35)28-17-37/h2-5,7-8,14,16-17H,10-13,15H2,1H3,(H2,32,38). The minimum Gasteiger partial charge on any atom is -0.369 e. The summed E-state index contributed by atoms with van der Waals surface area (Å²) in [6.45, 7) is 4.74. The molecule has 3 aromatic rings. The molecule has 0 bridgehead atoms. The van der Waals surface area contributed by atoms with Crippen LogP contribution in [-0.2, 0) is 17.4 Å². The molecular formula is C27H24BF3N5O2. The number of primary amides is 1. The first-order valence-corrected chi connectivity index (χ1v) is 11.9. The zero-order valence-corrected chi connectivity index (χ0v) is 20.6. The maximum absolute atomic E-state index is 13.6. The fourth-order valence-electron chi connectivity index (χ4n) is 4.13. The third-order valence-corrected chi connectivity index (χ3v) is 6.22. The van der Waals surface area contributed by atoms with Crippen molar-refractivity contribution in [3.8, 4) is 11.8 Å². The van der Waals surface area contributed by atoms with Crippen molar-refractivity contribution in [2.45, 2.75) is 19.5 Å². The van der Waals surface area contributed by atoms with Crippen molar-refractivity contribution in [2.24, 2.45) is 5.73 Å². The second-order valence-electron chi connectivity index (χ2n) is 8.84. The van der Waals surface area contributed by atoms with Gasteiger partial charge in [0.25, 0.3) is 7.41 Å². The van der Waals surface area contributed by atoms with Crippen LogP contribution in [0.15, 0.2) is 48.7 Å². The number of halogens is 3. The van der Waals surface area contributed by atoms with Gasteiger partial charge in [-0.1, -0.05) is 24.1 Å². The Labute approximate surface area is 219 Å². The van der Waals surface area contributed by atoms with E-state index in [1.807, 2.05) is 29.1 Å². The number of anilines is 1. The Morgan fingerprint density at radius 3 is 2.45 bits per heavy atom. The highest BCUT2D eigenvalue weighted by atomic mass is 19.4. The molecule has 0 spiro atoms. The second kappa shape index (κ2) is 11.5. The number of aryl methyl sites for hydroxylation is 1. The number of piperazine rings is 1. The van der Waals surface area contributed by atoms with Crippen molar-refractivity contribution in [3.05, 3.63) is 88.0 Å². The van der Waals surface area contributed by atoms with Crippen molar-refractivity contribution in [3.63, 3.8) is 0 Å². The molecule has 1 fully saturated rings. The number of amides is 1. The number of carbonyl (C=O) groups is 2. The van der Waals surface area contributed by atoms with E-state index in [4.69, 9.17) is 5.73 Å². The van der Waals surface area contributed by atoms with Crippen molar-refractivity contribution in [1.29, 1.82) is 0 Å². The predicted molar refractivity (Wildman–Crippen MR) is 138 cm³/mol. The van der Waals surface area contributed by atoms with Gasteiger partial charge in [-0.2, -0.15) is 13.2 Å². The number of aromatic nitrogens is 2. The van der Waals surface area contributed by atoms with Gasteiger partial charge >= 0.3 is 6.18 Å². The van der Waals surface area contributed by atoms with E-state index in [9.17, 15) is 22.8 Å². The van der Waals surface area contributed by atoms with Crippen LogP contribution in [0.2, 0.25) is 0 Å². The molecule has 1 radical (unpaired) electrons. The van der Waals surface area contributed by atoms with E-state index in [2.05, 4.69) is 26.7 Å². The van der Waals surface area contributed by atoms with Gasteiger partial charge in [-0.25, -0.2) is 9.97 Å². The summed E-state index contributed by atoms with van der Waals surface area (Å²) in [6.07, 6.45) is -2.91. The Hall–Kier alpha value is -4.17. The SMILES string of the molecule is Cc1ccc(C#Cc2nc(Cc3ccc(N4CCN([B]C=O)CC4)cc3)ncc2C(F)(F)F)cc1C(N)=O. The molecule has 0 unspecified atom stereocenters. The Morgan fingerprint density at radius 1 is 1.11 bits per heavy atom. The third-order valence-electron chi connectivity index (χ3n) is 6.22. The van der Waals surface area contributed by atoms with Gasteiger partial charge in [0.1, 0.15) is 17.1 Å². The van der Waals surface area contributed by atoms with Gasteiger partial charge in [-0.15, -0.1) is 0 Å². The van der Waals surface area contributed by atoms with Crippen LogP contribution in [0.5, 0.6) is 0 Å². The van der Waals surface area contributed by atoms with Crippen molar-refractivity contribution in [2.75, 3.05) is 31.1 Å². The Kier molecular flexibility index (Phi) is 8.12. The maximum atomic E-state index is 13.6. The molecule has 0 saturated carbocycles. The van der Waals surface area contributed by atoms with E-state index in [0.717, 1.165) is 49.8 Å². The monoisotopic (exact) mass is 518 g/mol. The Morgan fingerprint density at radius 2 is 1.82 bits per heavy atom. The van der Waals surface area contributed by atoms with Gasteiger partial charge < -0.3 is 20.2 Å². The smallest absolute Gasteiger partial charge is 0.369 e. The summed E-state index contributed by atoms with van der Waals surface area (Å²) >= 11 is 0. The summed E-state index contributed by atoms with van der Waals surface area (Å²) < 4.78 is 40.8. The highest BCUT2D eigenvalue weighted by molar-refractivity contribution is 6.64. The quantitative estimate of drug-likeness (QED) is 0.307. The summed E-state index contributed by atoms with van der Waals surface area (Å²) in [6, 6.07) is 12.4. The molecule has 1 aliphatic heterocycles. The normalized spacial score (nSPS) is 13.9. The lowest BCUT2D eigenvalue weighted by atomic mass is 9.93. The van der Waals surface area contributed by atoms with Crippen LogP contribution >= 0.6 is 0 Å². The largest absolute Gasteiger partial charge is 0.420 e. The number of alkyl halides is 3. The first kappa shape index (κ1) is 26.9. The summed E-state index contributed by atoms with van der Waals surface area (Å²) in [7, 11) is 1.54. The van der Waals surface area contributed by atoms with Crippen LogP contribution < -0.4 is 10.6 Å². The molecule has 38 heavy (non-hydrogen) atoms. The van der Waals surface area contributed by atoms with Crippen molar-refractivity contribution >= 4 is 25.2 Å². The van der Waals surface area contributed by atoms with Gasteiger partial charge in [-0.3, -0.25) is 4.79 Å². The molecule has 4 rings (SSSR count). The zero-order chi connectivity index (χ0) is 27.3. The molecule has 7 nitrogen and oxygen atoms in total. The highest BCUT2D eigenvalue weighted by Crippen LogP contribution is 2.30. The average Bonchev–Trinajstić information content (AvgIpc) is 2.88. The first-order chi connectivity index (χ1) is 18.1. The molecular weight excluding hydrogens is 494 g/mol. The third kappa shape index (κ3) is 6.58. The van der Waals surface area contributed by atoms with Gasteiger partial charge in [0.2, 0.25) is 5.91 Å². The topological polar surface area (TPSA) is 92.4 Å². The van der Waals surface area contributed by atoms with Gasteiger partial charge in [0.05, 0.1) is 6.19 Å². The number of hydrogen-bond donors (Lipinski definition) is 1. The fraction of sp³-hybridized carbons (Fsp3) is 0.259. The predicted octanol–water partition coefficient (Wildman–Crippen LogP) is 2.82. The molecule has 1 aliphatic rings. The molecule has 2 N–H and O–H groups in total. The lowest BCUT2D eigenvalue weighted by Crippen LogP contribution is -2.48. The maximum Gasteiger partial charge on any atom is 0.420 e. The van der Waals surface area contributed by atoms with E-state index in [1.165, 1.54) is 6.07 Å². The number of nitrogens with two attached hydrogens (primary N) is 1. The van der Waals surface area contributed by atoms with Crippen LogP contribution in [0.4, 0.5) is 18.9 Å². The molecule has 193 valence electrons. The van der Waals surface area contributed by atoms with E-state index in [-0.39, 0.29) is 17.8 Å². The van der Waals surface area contributed by atoms with E-state index in [0.29, 0.717) is 11.1 Å². The Bertz CT molecular complexity index is 1390. The van der Waals surface area contributed by atoms with Crippen LogP contribution in [0, 0.1) is 18.8 Å². The molecule has 1 amide bonds. The van der Waals surface area contributed by atoms with Crippen LogP contribution in [-0.4, -0.2) is 60.5 Å². The molecule has 11 heteroatoms. The molecule has 1 saturated heterocycles. The summed E-state index contributed by atoms with van der Waals surface area (Å²) in [5.41, 5.74) is 6.99. The number of nitrogens with zero attached hydrogens (tertiary/aromatic N) is 4. The molecule has 0 atom stereocenters. The van der Waals surface area contributed by atoms with E-state index < -0.39 is 23.3 Å². The molecule has 2 aromatic carbocycles. The van der Waals surface area contributed by atoms with E-state index in [1.54, 1.807) is 26.5 Å². The minimum absolute atomic E-state index is 0.204. The number of hydrogen-bond acceptors (Lipinski definition) is 6. The van der Waals surface area contributed by atoms with Crippen molar-refractivity contribution < 1.29 is 22.8 Å². The molecule has 2 heterocycles. The van der Waals surface area contributed by atoms with Gasteiger partial charge in [0.15, 0.2) is 0 Å². The summed E-state index contributed by atoms with van der Waals surface area (Å²) in [5.74, 6) is 4.73. The molecule has 1 aromatic heterocycles. The first-order valence-electron chi connectivity index (χ1n) is 11.9. The average molecular weight is 518 g/mol. The number of carbonyl (C=O) groups excluding carboxylic acids is 2. The van der Waals surface area contributed by atoms with E-state index >= 15 is 0 Å². The second-order valence-corrected chi connectivity index (χ2v) is 8.84. The van der Waals surface area contributed by atoms with Crippen LogP contribution in [0.3, 0.4) is 0 Å². The minimum atomic E-state index is -4.68.